The molecule has 0 unspecified atom stereocenters. The van der Waals surface area contributed by atoms with Crippen LogP contribution in [0.25, 0.3) is 0 Å². The second-order valence-corrected chi connectivity index (χ2v) is 1.88. The van der Waals surface area contributed by atoms with E-state index in [0.717, 1.165) is 0 Å². The predicted molar refractivity (Wildman–Crippen MR) is 48.5 cm³/mol. The molecule has 0 aliphatic heterocycles. The summed E-state index contributed by atoms with van der Waals surface area (Å²) in [4.78, 5) is 3.88. The van der Waals surface area contributed by atoms with Gasteiger partial charge in [-0.15, -0.1) is 0 Å². The molecule has 1 aromatic heterocycles. The Morgan fingerprint density at radius 3 is 2.00 bits per heavy atom. The molecule has 0 atom stereocenters. The standard InChI is InChI=1S/C6H7N.BH3O3.Li.H/c1-6-3-2-4-7-5-6;2-1(3)4;;/h2-5H,1H3;2-4H;;. The minimum absolute atomic E-state index is 0. The summed E-state index contributed by atoms with van der Waals surface area (Å²) in [6.45, 7) is 2.02. The number of nitrogens with zero attached hydrogens (tertiary/aromatic N) is 1. The van der Waals surface area contributed by atoms with E-state index in [-0.39, 0.29) is 18.9 Å². The minimum atomic E-state index is -2.17. The van der Waals surface area contributed by atoms with Gasteiger partial charge in [-0.1, -0.05) is 6.07 Å². The Bertz CT molecular complexity index is 183. The average molecular weight is 163 g/mol. The Hall–Kier alpha value is -0.308. The molecule has 12 heavy (non-hydrogen) atoms. The Balaban J connectivity index is 0. The molecule has 0 aromatic carbocycles. The van der Waals surface area contributed by atoms with Crippen LogP contribution in [0.4, 0.5) is 0 Å². The molecule has 0 bridgehead atoms. The van der Waals surface area contributed by atoms with E-state index >= 15 is 0 Å². The molecule has 0 saturated carbocycles. The van der Waals surface area contributed by atoms with Crippen LogP contribution in [-0.4, -0.2) is 46.2 Å². The van der Waals surface area contributed by atoms with Crippen LogP contribution >= 0.6 is 0 Å². The first-order valence-electron chi connectivity index (χ1n) is 3.04. The second kappa shape index (κ2) is 8.79. The Morgan fingerprint density at radius 1 is 1.33 bits per heavy atom. The quantitative estimate of drug-likeness (QED) is 0.415. The van der Waals surface area contributed by atoms with Gasteiger partial charge < -0.3 is 15.1 Å². The monoisotopic (exact) mass is 163 g/mol. The molecule has 0 saturated heterocycles. The fourth-order valence-corrected chi connectivity index (χ4v) is 0.448. The van der Waals surface area contributed by atoms with Crippen molar-refractivity contribution >= 4 is 26.2 Å². The molecule has 0 radical (unpaired) electrons. The van der Waals surface area contributed by atoms with Crippen LogP contribution in [0.2, 0.25) is 0 Å². The molecule has 6 heteroatoms. The first kappa shape index (κ1) is 14.2. The van der Waals surface area contributed by atoms with Gasteiger partial charge in [0, 0.05) is 12.4 Å². The van der Waals surface area contributed by atoms with E-state index < -0.39 is 7.32 Å². The van der Waals surface area contributed by atoms with Gasteiger partial charge in [-0.3, -0.25) is 4.98 Å². The van der Waals surface area contributed by atoms with Crippen molar-refractivity contribution in [3.63, 3.8) is 0 Å². The topological polar surface area (TPSA) is 73.6 Å². The predicted octanol–water partition coefficient (Wildman–Crippen LogP) is -1.31. The van der Waals surface area contributed by atoms with Gasteiger partial charge in [0.1, 0.15) is 0 Å². The van der Waals surface area contributed by atoms with Gasteiger partial charge in [-0.05, 0) is 18.6 Å². The second-order valence-electron chi connectivity index (χ2n) is 1.88. The van der Waals surface area contributed by atoms with Crippen LogP contribution in [0.3, 0.4) is 0 Å². The van der Waals surface area contributed by atoms with E-state index in [2.05, 4.69) is 4.98 Å². The zero-order valence-electron chi connectivity index (χ0n) is 6.18. The summed E-state index contributed by atoms with van der Waals surface area (Å²) in [5, 5.41) is 21.5. The molecule has 0 spiro atoms. The van der Waals surface area contributed by atoms with Crippen LogP contribution in [-0.2, 0) is 0 Å². The molecule has 1 aromatic rings. The third-order valence-corrected chi connectivity index (χ3v) is 0.809. The van der Waals surface area contributed by atoms with Crippen LogP contribution in [0.1, 0.15) is 5.56 Å². The normalized spacial score (nSPS) is 7.33. The number of hydrogen-bond acceptors (Lipinski definition) is 4. The number of rotatable bonds is 0. The Labute approximate surface area is 83.6 Å². The van der Waals surface area contributed by atoms with Gasteiger partial charge in [0.2, 0.25) is 0 Å². The zero-order chi connectivity index (χ0) is 8.69. The molecule has 3 N–H and O–H groups in total. The molecule has 4 nitrogen and oxygen atoms in total. The molecule has 0 aliphatic rings. The average Bonchev–Trinajstić information content (AvgIpc) is 1.87. The molecule has 0 fully saturated rings. The van der Waals surface area contributed by atoms with E-state index in [1.165, 1.54) is 5.56 Å². The van der Waals surface area contributed by atoms with Crippen LogP contribution in [0.15, 0.2) is 24.5 Å². The van der Waals surface area contributed by atoms with Crippen molar-refractivity contribution in [1.82, 2.24) is 4.98 Å². The number of aromatic nitrogens is 1. The zero-order valence-corrected chi connectivity index (χ0v) is 6.18. The van der Waals surface area contributed by atoms with E-state index in [1.54, 1.807) is 6.20 Å². The maximum absolute atomic E-state index is 7.17. The van der Waals surface area contributed by atoms with Crippen molar-refractivity contribution in [2.45, 2.75) is 6.92 Å². The Kier molecular flexibility index (Phi) is 10.4. The van der Waals surface area contributed by atoms with Crippen molar-refractivity contribution < 1.29 is 15.1 Å². The summed E-state index contributed by atoms with van der Waals surface area (Å²) in [5.41, 5.74) is 1.21. The van der Waals surface area contributed by atoms with E-state index in [4.69, 9.17) is 15.1 Å². The summed E-state index contributed by atoms with van der Waals surface area (Å²) in [7, 11) is -2.17. The fourth-order valence-electron chi connectivity index (χ4n) is 0.448. The first-order chi connectivity index (χ1) is 5.13. The SMILES string of the molecule is Cc1cccnc1.OB(O)O.[LiH]. The van der Waals surface area contributed by atoms with Gasteiger partial charge in [-0.25, -0.2) is 0 Å². The summed E-state index contributed by atoms with van der Waals surface area (Å²) in [5.74, 6) is 0. The van der Waals surface area contributed by atoms with Gasteiger partial charge in [-0.2, -0.15) is 0 Å². The molecule has 0 aliphatic carbocycles. The van der Waals surface area contributed by atoms with Gasteiger partial charge in [0.25, 0.3) is 0 Å². The van der Waals surface area contributed by atoms with Crippen molar-refractivity contribution in [1.29, 1.82) is 0 Å². The third-order valence-electron chi connectivity index (χ3n) is 0.809. The van der Waals surface area contributed by atoms with Gasteiger partial charge in [0.05, 0.1) is 0 Å². The molecular formula is C6H11BLiNO3. The van der Waals surface area contributed by atoms with Crippen LogP contribution in [0.5, 0.6) is 0 Å². The van der Waals surface area contributed by atoms with Crippen LogP contribution in [0, 0.1) is 6.92 Å². The first-order valence-corrected chi connectivity index (χ1v) is 3.04. The molecule has 1 rings (SSSR count). The van der Waals surface area contributed by atoms with E-state index in [9.17, 15) is 0 Å². The summed E-state index contributed by atoms with van der Waals surface area (Å²) in [6.07, 6.45) is 3.60. The van der Waals surface area contributed by atoms with Crippen molar-refractivity contribution in [3.05, 3.63) is 30.1 Å². The maximum atomic E-state index is 7.17. The third kappa shape index (κ3) is 12.4. The van der Waals surface area contributed by atoms with E-state index in [0.29, 0.717) is 0 Å². The summed E-state index contributed by atoms with van der Waals surface area (Å²) in [6, 6.07) is 3.95. The number of pyridine rings is 1. The van der Waals surface area contributed by atoms with Gasteiger partial charge >= 0.3 is 26.2 Å². The van der Waals surface area contributed by atoms with Crippen molar-refractivity contribution in [2.24, 2.45) is 0 Å². The Morgan fingerprint density at radius 2 is 1.83 bits per heavy atom. The van der Waals surface area contributed by atoms with E-state index in [1.807, 2.05) is 25.3 Å². The molecule has 1 heterocycles. The van der Waals surface area contributed by atoms with Crippen LogP contribution < -0.4 is 0 Å². The van der Waals surface area contributed by atoms with Crippen molar-refractivity contribution in [3.8, 4) is 0 Å². The van der Waals surface area contributed by atoms with Gasteiger partial charge in [0.15, 0.2) is 0 Å². The van der Waals surface area contributed by atoms with Crippen molar-refractivity contribution in [2.75, 3.05) is 0 Å². The summed E-state index contributed by atoms with van der Waals surface area (Å²) < 4.78 is 0. The fraction of sp³-hybridized carbons (Fsp3) is 0.167. The number of hydrogen-bond donors (Lipinski definition) is 3. The molecule has 0 amide bonds. The number of aryl methyl sites for hydroxylation is 1. The molecule has 62 valence electrons. The summed E-state index contributed by atoms with van der Waals surface area (Å²) >= 11 is 0. The molecular weight excluding hydrogens is 152 g/mol.